The Hall–Kier alpha value is -1.91. The first-order chi connectivity index (χ1) is 23.7. The molecule has 0 rings (SSSR count). The average Bonchev–Trinajstić information content (AvgIpc) is 3.09. The van der Waals surface area contributed by atoms with Crippen LogP contribution < -0.4 is 5.32 Å². The van der Waals surface area contributed by atoms with Gasteiger partial charge in [0.25, 0.3) is 0 Å². The van der Waals surface area contributed by atoms with Crippen LogP contribution in [0.15, 0.2) is 60.8 Å². The lowest BCUT2D eigenvalue weighted by Crippen LogP contribution is -2.45. The molecule has 0 saturated heterocycles. The monoisotopic (exact) mass is 670 g/mol. The molecule has 0 heterocycles. The van der Waals surface area contributed by atoms with E-state index in [0.717, 1.165) is 44.9 Å². The van der Waals surface area contributed by atoms with Crippen LogP contribution in [0.5, 0.6) is 0 Å². The van der Waals surface area contributed by atoms with Gasteiger partial charge in [-0.15, -0.1) is 0 Å². The minimum atomic E-state index is -0.868. The molecule has 0 aromatic rings. The number of carbonyl (C=O) groups excluding carboxylic acids is 1. The van der Waals surface area contributed by atoms with Crippen LogP contribution in [-0.4, -0.2) is 34.9 Å². The summed E-state index contributed by atoms with van der Waals surface area (Å²) in [5, 5.41) is 22.8. The zero-order valence-corrected chi connectivity index (χ0v) is 31.7. The number of carbonyl (C=O) groups is 1. The molecule has 2 atom stereocenters. The van der Waals surface area contributed by atoms with E-state index in [1.807, 2.05) is 13.0 Å². The van der Waals surface area contributed by atoms with Crippen molar-refractivity contribution >= 4 is 5.91 Å². The Kier molecular flexibility index (Phi) is 38.0. The van der Waals surface area contributed by atoms with Crippen LogP contribution in [-0.2, 0) is 4.79 Å². The fraction of sp³-hybridized carbons (Fsp3) is 0.750. The number of aliphatic hydroxyl groups is 2. The molecule has 1 amide bonds. The highest BCUT2D eigenvalue weighted by molar-refractivity contribution is 5.76. The first kappa shape index (κ1) is 46.1. The third kappa shape index (κ3) is 35.4. The molecule has 278 valence electrons. The molecule has 0 radical (unpaired) electrons. The number of hydrogen-bond acceptors (Lipinski definition) is 3. The first-order valence-electron chi connectivity index (χ1n) is 20.5. The summed E-state index contributed by atoms with van der Waals surface area (Å²) in [6.07, 6.45) is 54.9. The van der Waals surface area contributed by atoms with Gasteiger partial charge in [0.15, 0.2) is 0 Å². The highest BCUT2D eigenvalue weighted by atomic mass is 16.3. The Bertz CT molecular complexity index is 812. The second kappa shape index (κ2) is 39.5. The quantitative estimate of drug-likeness (QED) is 0.0459. The standard InChI is InChI=1S/C44H79NO3/c1-3-5-7-9-11-13-14-15-16-17-18-19-20-21-22-23-24-25-26-27-28-29-30-32-34-36-38-40-44(48)45-42(41-46)43(47)39-37-35-33-31-12-10-8-6-4-2/h4,6,12,14-15,17-18,31,37,39,42-43,46-47H,3,5,7-11,13,16,19-30,32-36,38,40-41H2,1-2H3,(H,45,48)/b6-4+,15-14-,18-17-,31-12+,39-37+. The third-order valence-electron chi connectivity index (χ3n) is 9.05. The van der Waals surface area contributed by atoms with Crippen molar-refractivity contribution in [2.75, 3.05) is 6.61 Å². The number of allylic oxidation sites excluding steroid dienone is 9. The van der Waals surface area contributed by atoms with E-state index in [1.54, 1.807) is 6.08 Å². The van der Waals surface area contributed by atoms with Crippen molar-refractivity contribution in [1.29, 1.82) is 0 Å². The van der Waals surface area contributed by atoms with Gasteiger partial charge in [-0.25, -0.2) is 0 Å². The lowest BCUT2D eigenvalue weighted by Gasteiger charge is -2.19. The molecule has 0 aromatic heterocycles. The van der Waals surface area contributed by atoms with Crippen molar-refractivity contribution < 1.29 is 15.0 Å². The molecule has 0 saturated carbocycles. The molecular formula is C44H79NO3. The van der Waals surface area contributed by atoms with Crippen LogP contribution in [0, 0.1) is 0 Å². The van der Waals surface area contributed by atoms with E-state index in [4.69, 9.17) is 0 Å². The maximum Gasteiger partial charge on any atom is 0.220 e. The van der Waals surface area contributed by atoms with Crippen molar-refractivity contribution in [1.82, 2.24) is 5.32 Å². The summed E-state index contributed by atoms with van der Waals surface area (Å²) in [5.74, 6) is -0.0832. The number of aliphatic hydroxyl groups excluding tert-OH is 2. The van der Waals surface area contributed by atoms with E-state index in [0.29, 0.717) is 6.42 Å². The minimum Gasteiger partial charge on any atom is -0.394 e. The van der Waals surface area contributed by atoms with Crippen LogP contribution in [0.1, 0.15) is 194 Å². The summed E-state index contributed by atoms with van der Waals surface area (Å²) >= 11 is 0. The lowest BCUT2D eigenvalue weighted by molar-refractivity contribution is -0.123. The molecule has 4 nitrogen and oxygen atoms in total. The van der Waals surface area contributed by atoms with Gasteiger partial charge in [-0.1, -0.05) is 177 Å². The molecule has 2 unspecified atom stereocenters. The minimum absolute atomic E-state index is 0.0832. The van der Waals surface area contributed by atoms with Crippen molar-refractivity contribution in [2.24, 2.45) is 0 Å². The lowest BCUT2D eigenvalue weighted by atomic mass is 10.0. The molecule has 3 N–H and O–H groups in total. The summed E-state index contributed by atoms with van der Waals surface area (Å²) in [6.45, 7) is 4.04. The summed E-state index contributed by atoms with van der Waals surface area (Å²) < 4.78 is 0. The van der Waals surface area contributed by atoms with Crippen LogP contribution in [0.2, 0.25) is 0 Å². The van der Waals surface area contributed by atoms with E-state index in [-0.39, 0.29) is 12.5 Å². The summed E-state index contributed by atoms with van der Waals surface area (Å²) in [4.78, 5) is 12.3. The Labute approximate surface area is 298 Å². The molecule has 0 spiro atoms. The van der Waals surface area contributed by atoms with Gasteiger partial charge in [-0.05, 0) is 71.1 Å². The fourth-order valence-corrected chi connectivity index (χ4v) is 5.89. The van der Waals surface area contributed by atoms with Crippen molar-refractivity contribution in [2.45, 2.75) is 206 Å². The molecule has 0 aliphatic rings. The Balaban J connectivity index is 3.50. The molecular weight excluding hydrogens is 590 g/mol. The van der Waals surface area contributed by atoms with Crippen LogP contribution in [0.3, 0.4) is 0 Å². The number of amides is 1. The van der Waals surface area contributed by atoms with E-state index < -0.39 is 12.1 Å². The van der Waals surface area contributed by atoms with Gasteiger partial charge in [0, 0.05) is 6.42 Å². The van der Waals surface area contributed by atoms with Gasteiger partial charge < -0.3 is 15.5 Å². The molecule has 0 aliphatic heterocycles. The van der Waals surface area contributed by atoms with Crippen LogP contribution >= 0.6 is 0 Å². The summed E-state index contributed by atoms with van der Waals surface area (Å²) in [5.41, 5.74) is 0. The smallest absolute Gasteiger partial charge is 0.220 e. The van der Waals surface area contributed by atoms with Gasteiger partial charge in [-0.2, -0.15) is 0 Å². The van der Waals surface area contributed by atoms with Gasteiger partial charge in [0.05, 0.1) is 18.8 Å². The van der Waals surface area contributed by atoms with E-state index >= 15 is 0 Å². The predicted molar refractivity (Wildman–Crippen MR) is 211 cm³/mol. The first-order valence-corrected chi connectivity index (χ1v) is 20.5. The van der Waals surface area contributed by atoms with Gasteiger partial charge in [0.2, 0.25) is 5.91 Å². The number of rotatable bonds is 36. The predicted octanol–water partition coefficient (Wildman–Crippen LogP) is 12.6. The SMILES string of the molecule is C/C=C/CC/C=C/CC/C=C/C(O)C(CO)NC(=O)CCCCCCCCCCCCCCCCC/C=C\C/C=C\CCCCCCC. The van der Waals surface area contributed by atoms with E-state index in [2.05, 4.69) is 60.8 Å². The molecule has 0 aliphatic carbocycles. The van der Waals surface area contributed by atoms with E-state index in [1.165, 1.54) is 128 Å². The van der Waals surface area contributed by atoms with Gasteiger partial charge in [0.1, 0.15) is 0 Å². The fourth-order valence-electron chi connectivity index (χ4n) is 5.89. The van der Waals surface area contributed by atoms with Crippen molar-refractivity contribution in [3.63, 3.8) is 0 Å². The Morgan fingerprint density at radius 3 is 1.44 bits per heavy atom. The maximum absolute atomic E-state index is 12.3. The average molecular weight is 670 g/mol. The summed E-state index contributed by atoms with van der Waals surface area (Å²) in [7, 11) is 0. The Morgan fingerprint density at radius 1 is 0.542 bits per heavy atom. The second-order valence-electron chi connectivity index (χ2n) is 13.7. The maximum atomic E-state index is 12.3. The molecule has 4 heteroatoms. The normalized spacial score (nSPS) is 13.7. The number of unbranched alkanes of at least 4 members (excludes halogenated alkanes) is 22. The summed E-state index contributed by atoms with van der Waals surface area (Å²) in [6, 6.07) is -0.644. The Morgan fingerprint density at radius 2 is 0.958 bits per heavy atom. The third-order valence-corrected chi connectivity index (χ3v) is 9.05. The van der Waals surface area contributed by atoms with Crippen molar-refractivity contribution in [3.8, 4) is 0 Å². The highest BCUT2D eigenvalue weighted by Crippen LogP contribution is 2.14. The number of nitrogens with one attached hydrogen (secondary N) is 1. The largest absolute Gasteiger partial charge is 0.394 e. The number of hydrogen-bond donors (Lipinski definition) is 3. The molecule has 48 heavy (non-hydrogen) atoms. The zero-order valence-electron chi connectivity index (χ0n) is 31.7. The molecule has 0 fully saturated rings. The van der Waals surface area contributed by atoms with Gasteiger partial charge >= 0.3 is 0 Å². The topological polar surface area (TPSA) is 69.6 Å². The van der Waals surface area contributed by atoms with Crippen LogP contribution in [0.25, 0.3) is 0 Å². The highest BCUT2D eigenvalue weighted by Gasteiger charge is 2.17. The van der Waals surface area contributed by atoms with Crippen molar-refractivity contribution in [3.05, 3.63) is 60.8 Å². The molecule has 0 bridgehead atoms. The van der Waals surface area contributed by atoms with Gasteiger partial charge in [-0.3, -0.25) is 4.79 Å². The second-order valence-corrected chi connectivity index (χ2v) is 13.7. The van der Waals surface area contributed by atoms with E-state index in [9.17, 15) is 15.0 Å². The van der Waals surface area contributed by atoms with Crippen LogP contribution in [0.4, 0.5) is 0 Å². The molecule has 0 aromatic carbocycles. The zero-order chi connectivity index (χ0) is 35.0.